The standard InChI is InChI=1S/C28H31Cl2N7O2.C14H23N3O2.C13H11Cl2N5O.C8H9Cl2N3O2.C7H9ClN2/c1-14-10-19(29)21(33-13-14)12-18-24-23(26(30)36-28(31)35-24)17(25(18)38)11-20-15(2)22(16(3)34-20)27(39)32-6-9-37-7-4-5-8-37;1-10-12(11(2)16-14(10)19-3)13(18)15-6-9-17-7-4-5-8-17;1-6-2-8(14)9(17-4-6)5-20-10(21)3-7-11(15)18-13(16)19-12(7)20;1-2-15-5(14)3-4-6(9)12-8(11)13-7(4)10;1-5-2-6(8)7(3-9)10-4-5/h10-11,13,18,34H,4-9,12H2,1-3H3,(H,32,39)(H2,31,35,36);16H,4-9H2,1-3H3,(H,15,18);2,4H,3,5H2,1H3,(H2,16,18,19);2-3H2,1H3,(H2,11,12,13);2,4H,3,9H2,1H3/b17-11-;;;;. The van der Waals surface area contributed by atoms with Crippen LogP contribution in [0.4, 0.5) is 23.7 Å². The van der Waals surface area contributed by atoms with E-state index in [1.807, 2.05) is 60.6 Å². The molecule has 0 spiro atoms. The Bertz CT molecular complexity index is 4480. The highest BCUT2D eigenvalue weighted by molar-refractivity contribution is 6.39. The lowest BCUT2D eigenvalue weighted by Crippen LogP contribution is -2.33. The fourth-order valence-corrected chi connectivity index (χ4v) is 13.9. The number of carbonyl (C=O) groups excluding carboxylic acids is 5. The largest absolute Gasteiger partial charge is 0.482 e. The molecule has 34 heteroatoms. The van der Waals surface area contributed by atoms with Crippen LogP contribution < -0.4 is 43.2 Å². The van der Waals surface area contributed by atoms with E-state index in [2.05, 4.69) is 75.3 Å². The molecule has 8 aromatic rings. The number of hydrogen-bond donors (Lipinski definition) is 8. The number of ketones is 1. The van der Waals surface area contributed by atoms with Gasteiger partial charge in [-0.3, -0.25) is 43.8 Å². The van der Waals surface area contributed by atoms with Crippen molar-refractivity contribution in [3.05, 3.63) is 168 Å². The molecule has 1 aliphatic carbocycles. The molecule has 12 rings (SSSR count). The van der Waals surface area contributed by atoms with E-state index < -0.39 is 11.9 Å². The SMILES string of the molecule is CCOC(=O)Cc1c(Cl)nc(N)nc1Cl.COc1[nH]c(C)c(C(=O)NCCN2CCCC2)c1C.Cc1cnc(CC2C(=O)/C(=C\c3[nH]c(C)c(C(=O)NCCN4CCCC4)c3C)c3c(Cl)nc(N)nc32)c(Cl)c1.Cc1cnc(CN)c(Cl)c1.Cc1cnc(CN2C(=O)Cc3c(Cl)nc(N)nc32)c(Cl)c1. The lowest BCUT2D eigenvalue weighted by Gasteiger charge is -2.17. The van der Waals surface area contributed by atoms with Gasteiger partial charge in [-0.05, 0) is 154 Å². The Hall–Kier alpha value is -8.35. The Kier molecular flexibility index (Phi) is 29.4. The molecule has 2 saturated heterocycles. The minimum atomic E-state index is -0.675. The molecule has 554 valence electrons. The smallest absolute Gasteiger partial charge is 0.310 e. The van der Waals surface area contributed by atoms with Crippen LogP contribution in [-0.2, 0) is 51.5 Å². The summed E-state index contributed by atoms with van der Waals surface area (Å²) in [6, 6.07) is 5.47. The molecule has 3 amide bonds. The van der Waals surface area contributed by atoms with Gasteiger partial charge in [0, 0.05) is 103 Å². The number of carbonyl (C=O) groups is 5. The summed E-state index contributed by atoms with van der Waals surface area (Å²) < 4.78 is 9.94. The van der Waals surface area contributed by atoms with Crippen LogP contribution in [0.1, 0.15) is 144 Å². The number of nitrogens with one attached hydrogen (secondary N) is 4. The van der Waals surface area contributed by atoms with Crippen molar-refractivity contribution in [1.82, 2.24) is 75.3 Å². The van der Waals surface area contributed by atoms with E-state index in [0.29, 0.717) is 109 Å². The van der Waals surface area contributed by atoms with Crippen molar-refractivity contribution < 1.29 is 33.4 Å². The Morgan fingerprint density at radius 2 is 1.12 bits per heavy atom. The molecule has 0 bridgehead atoms. The number of nitrogen functional groups attached to an aromatic ring is 3. The summed E-state index contributed by atoms with van der Waals surface area (Å²) in [5.74, 6) is -0.512. The number of nitrogens with zero attached hydrogens (tertiary/aromatic N) is 12. The average molecular weight is 1560 g/mol. The Morgan fingerprint density at radius 3 is 1.62 bits per heavy atom. The van der Waals surface area contributed by atoms with Crippen molar-refractivity contribution >= 4 is 146 Å². The third-order valence-corrected chi connectivity index (χ3v) is 19.4. The normalized spacial score (nSPS) is 14.9. The summed E-state index contributed by atoms with van der Waals surface area (Å²) in [4.78, 5) is 112. The predicted molar refractivity (Wildman–Crippen MR) is 407 cm³/mol. The van der Waals surface area contributed by atoms with Crippen molar-refractivity contribution in [1.29, 1.82) is 0 Å². The summed E-state index contributed by atoms with van der Waals surface area (Å²) >= 11 is 42.4. The number of esters is 1. The number of pyridine rings is 3. The second-order valence-electron chi connectivity index (χ2n) is 24.9. The first kappa shape index (κ1) is 81.3. The molecular formula is C70H83Cl7N20O7. The number of Topliss-reactive ketones (excluding diaryl/α,β-unsaturated/α-hetero) is 1. The monoisotopic (exact) mass is 1560 g/mol. The van der Waals surface area contributed by atoms with Gasteiger partial charge in [0.25, 0.3) is 11.8 Å². The van der Waals surface area contributed by atoms with E-state index in [1.54, 1.807) is 44.8 Å². The van der Waals surface area contributed by atoms with E-state index >= 15 is 0 Å². The van der Waals surface area contributed by atoms with Gasteiger partial charge in [0.05, 0.1) is 88.0 Å². The lowest BCUT2D eigenvalue weighted by molar-refractivity contribution is -0.142. The number of H-pyrrole nitrogens is 2. The van der Waals surface area contributed by atoms with Crippen molar-refractivity contribution in [2.75, 3.05) is 88.2 Å². The first-order valence-electron chi connectivity index (χ1n) is 33.3. The van der Waals surface area contributed by atoms with Gasteiger partial charge in [0.2, 0.25) is 23.8 Å². The molecule has 104 heavy (non-hydrogen) atoms. The first-order chi connectivity index (χ1) is 49.5. The van der Waals surface area contributed by atoms with Crippen molar-refractivity contribution in [3.8, 4) is 5.88 Å². The van der Waals surface area contributed by atoms with Crippen LogP contribution in [0.2, 0.25) is 35.7 Å². The first-order valence-corrected chi connectivity index (χ1v) is 36.0. The maximum atomic E-state index is 13.8. The van der Waals surface area contributed by atoms with Crippen molar-refractivity contribution in [3.63, 3.8) is 0 Å². The molecular weight excluding hydrogens is 1480 g/mol. The number of halogens is 7. The lowest BCUT2D eigenvalue weighted by atomic mass is 9.97. The van der Waals surface area contributed by atoms with Gasteiger partial charge in [0.15, 0.2) is 11.7 Å². The molecule has 2 fully saturated rings. The van der Waals surface area contributed by atoms with Crippen LogP contribution in [0.3, 0.4) is 0 Å². The molecule has 3 aliphatic heterocycles. The van der Waals surface area contributed by atoms with E-state index in [-0.39, 0.29) is 87.8 Å². The second-order valence-corrected chi connectivity index (χ2v) is 27.5. The van der Waals surface area contributed by atoms with Crippen molar-refractivity contribution in [2.24, 2.45) is 5.73 Å². The number of amides is 3. The van der Waals surface area contributed by atoms with Crippen LogP contribution in [0.15, 0.2) is 36.8 Å². The molecule has 0 aromatic carbocycles. The molecule has 27 nitrogen and oxygen atoms in total. The summed E-state index contributed by atoms with van der Waals surface area (Å²) in [6.07, 6.45) is 12.2. The zero-order valence-electron chi connectivity index (χ0n) is 59.0. The van der Waals surface area contributed by atoms with Gasteiger partial charge < -0.3 is 62.8 Å². The number of anilines is 4. The van der Waals surface area contributed by atoms with Crippen LogP contribution >= 0.6 is 81.2 Å². The Labute approximate surface area is 637 Å². The second kappa shape index (κ2) is 37.6. The summed E-state index contributed by atoms with van der Waals surface area (Å²) in [6.45, 7) is 23.4. The highest BCUT2D eigenvalue weighted by atomic mass is 35.5. The maximum Gasteiger partial charge on any atom is 0.310 e. The van der Waals surface area contributed by atoms with Gasteiger partial charge in [0.1, 0.15) is 26.4 Å². The molecule has 0 saturated carbocycles. The number of rotatable bonds is 18. The number of hydrogen-bond acceptors (Lipinski definition) is 22. The number of aryl methyl sites for hydroxylation is 5. The number of allylic oxidation sites excluding steroid dienone is 1. The van der Waals surface area contributed by atoms with E-state index in [0.717, 1.165) is 84.2 Å². The number of likely N-dealkylation sites (tertiary alicyclic amines) is 2. The molecule has 0 radical (unpaired) electrons. The summed E-state index contributed by atoms with van der Waals surface area (Å²) in [5, 5.41) is 8.11. The average Bonchev–Trinajstić information content (AvgIpc) is 1.60. The van der Waals surface area contributed by atoms with E-state index in [4.69, 9.17) is 114 Å². The minimum Gasteiger partial charge on any atom is -0.482 e. The molecule has 4 aliphatic rings. The quantitative estimate of drug-likeness (QED) is 0.0225. The van der Waals surface area contributed by atoms with Gasteiger partial charge >= 0.3 is 5.97 Å². The molecule has 12 N–H and O–H groups in total. The molecule has 8 aromatic heterocycles. The van der Waals surface area contributed by atoms with E-state index in [9.17, 15) is 24.0 Å². The number of aromatic amines is 2. The molecule has 1 unspecified atom stereocenters. The third kappa shape index (κ3) is 21.0. The van der Waals surface area contributed by atoms with Gasteiger partial charge in [-0.25, -0.2) is 24.9 Å². The van der Waals surface area contributed by atoms with Gasteiger partial charge in [-0.15, -0.1) is 0 Å². The number of aromatic nitrogens is 11. The number of fused-ring (bicyclic) bond motifs is 2. The highest BCUT2D eigenvalue weighted by Gasteiger charge is 2.40. The van der Waals surface area contributed by atoms with Crippen LogP contribution in [0.5, 0.6) is 5.88 Å². The maximum absolute atomic E-state index is 13.8. The number of methoxy groups -OCH3 is 1. The van der Waals surface area contributed by atoms with Crippen LogP contribution in [0.25, 0.3) is 11.6 Å². The summed E-state index contributed by atoms with van der Waals surface area (Å²) in [7, 11) is 1.60. The highest BCUT2D eigenvalue weighted by Crippen LogP contribution is 2.44. The Balaban J connectivity index is 0.000000179. The zero-order chi connectivity index (χ0) is 75.8. The van der Waals surface area contributed by atoms with E-state index in [1.165, 1.54) is 30.6 Å². The topological polar surface area (TPSA) is 389 Å². The fourth-order valence-electron chi connectivity index (χ4n) is 12.0. The number of ether oxygens (including phenoxy) is 2. The fraction of sp³-hybridized carbons (Fsp3) is 0.400. The molecule has 11 heterocycles. The number of nitrogens with two attached hydrogens (primary N) is 4. The van der Waals surface area contributed by atoms with Crippen LogP contribution in [0, 0.1) is 48.5 Å². The van der Waals surface area contributed by atoms with Gasteiger partial charge in [-0.1, -0.05) is 81.2 Å². The molecule has 1 atom stereocenters. The van der Waals surface area contributed by atoms with Crippen molar-refractivity contribution in [2.45, 2.75) is 119 Å². The van der Waals surface area contributed by atoms with Crippen LogP contribution in [-0.4, -0.2) is 160 Å². The van der Waals surface area contributed by atoms with Gasteiger partial charge in [-0.2, -0.15) is 4.98 Å². The third-order valence-electron chi connectivity index (χ3n) is 17.2. The summed E-state index contributed by atoms with van der Waals surface area (Å²) in [5.41, 5.74) is 34.3. The minimum absolute atomic E-state index is 0.0134. The predicted octanol–water partition coefficient (Wildman–Crippen LogP) is 10.9. The zero-order valence-corrected chi connectivity index (χ0v) is 64.3. The Morgan fingerprint density at radius 1 is 0.635 bits per heavy atom.